The second-order valence-corrected chi connectivity index (χ2v) is 4.05. The second kappa shape index (κ2) is 7.98. The maximum atomic E-state index is 11.8. The summed E-state index contributed by atoms with van der Waals surface area (Å²) in [5.41, 5.74) is 1.47. The third-order valence-corrected chi connectivity index (χ3v) is 2.56. The van der Waals surface area contributed by atoms with E-state index in [0.29, 0.717) is 0 Å². The van der Waals surface area contributed by atoms with Crippen molar-refractivity contribution in [3.8, 4) is 0 Å². The molecule has 2 amide bonds. The summed E-state index contributed by atoms with van der Waals surface area (Å²) in [6.45, 7) is 1.27. The standard InChI is InChI=1S/C12H14N2O6.CH4/c1-6(15)9(11(17)14-20)13-10(16)7-2-4-8(5-3-7)12(18)19;/h2-6,9,15,20H,1H3,(H,13,16)(H,14,17)(H,18,19);1H4/t6-,9+;/m1./s1. The Morgan fingerprint density at radius 1 is 1.10 bits per heavy atom. The molecule has 0 bridgehead atoms. The number of carboxylic acids is 1. The average molecular weight is 298 g/mol. The van der Waals surface area contributed by atoms with E-state index in [1.165, 1.54) is 36.7 Å². The maximum Gasteiger partial charge on any atom is 0.335 e. The zero-order valence-electron chi connectivity index (χ0n) is 10.5. The first-order chi connectivity index (χ1) is 9.36. The number of carbonyl (C=O) groups is 3. The van der Waals surface area contributed by atoms with Crippen LogP contribution in [0.3, 0.4) is 0 Å². The van der Waals surface area contributed by atoms with Crippen LogP contribution >= 0.6 is 0 Å². The molecule has 0 unspecified atom stereocenters. The van der Waals surface area contributed by atoms with E-state index in [2.05, 4.69) is 5.32 Å². The van der Waals surface area contributed by atoms with E-state index in [9.17, 15) is 19.5 Å². The minimum Gasteiger partial charge on any atom is -0.478 e. The smallest absolute Gasteiger partial charge is 0.335 e. The largest absolute Gasteiger partial charge is 0.478 e. The van der Waals surface area contributed by atoms with Gasteiger partial charge >= 0.3 is 5.97 Å². The molecule has 0 aliphatic heterocycles. The number of amides is 2. The van der Waals surface area contributed by atoms with E-state index in [1.54, 1.807) is 0 Å². The van der Waals surface area contributed by atoms with Gasteiger partial charge in [-0.25, -0.2) is 10.3 Å². The molecule has 0 aliphatic rings. The van der Waals surface area contributed by atoms with E-state index in [4.69, 9.17) is 10.3 Å². The fourth-order valence-corrected chi connectivity index (χ4v) is 1.46. The Labute approximate surface area is 121 Å². The number of hydrogen-bond acceptors (Lipinski definition) is 5. The van der Waals surface area contributed by atoms with Gasteiger partial charge in [0.2, 0.25) is 0 Å². The first-order valence-electron chi connectivity index (χ1n) is 5.63. The lowest BCUT2D eigenvalue weighted by molar-refractivity contribution is -0.133. The highest BCUT2D eigenvalue weighted by Gasteiger charge is 2.25. The molecule has 0 aliphatic carbocycles. The van der Waals surface area contributed by atoms with Gasteiger partial charge in [-0.2, -0.15) is 0 Å². The van der Waals surface area contributed by atoms with Crippen LogP contribution in [-0.4, -0.2) is 45.3 Å². The van der Waals surface area contributed by atoms with Crippen molar-refractivity contribution in [2.75, 3.05) is 0 Å². The summed E-state index contributed by atoms with van der Waals surface area (Å²) in [6.07, 6.45) is -1.22. The zero-order chi connectivity index (χ0) is 15.3. The maximum absolute atomic E-state index is 11.8. The monoisotopic (exact) mass is 298 g/mol. The van der Waals surface area contributed by atoms with Gasteiger partial charge in [-0.1, -0.05) is 7.43 Å². The molecule has 0 spiro atoms. The Morgan fingerprint density at radius 3 is 1.95 bits per heavy atom. The van der Waals surface area contributed by atoms with E-state index in [-0.39, 0.29) is 18.6 Å². The number of aliphatic hydroxyl groups is 1. The third-order valence-electron chi connectivity index (χ3n) is 2.56. The molecule has 0 fully saturated rings. The summed E-state index contributed by atoms with van der Waals surface area (Å²) in [5.74, 6) is -2.77. The summed E-state index contributed by atoms with van der Waals surface area (Å²) in [7, 11) is 0. The van der Waals surface area contributed by atoms with Crippen molar-refractivity contribution in [3.63, 3.8) is 0 Å². The van der Waals surface area contributed by atoms with Crippen LogP contribution in [0, 0.1) is 0 Å². The van der Waals surface area contributed by atoms with E-state index in [1.807, 2.05) is 0 Å². The molecule has 0 aromatic heterocycles. The van der Waals surface area contributed by atoms with Crippen LogP contribution < -0.4 is 10.8 Å². The molecular formula is C13H18N2O6. The lowest BCUT2D eigenvalue weighted by Gasteiger charge is -2.19. The first kappa shape index (κ1) is 18.6. The number of hydrogen-bond donors (Lipinski definition) is 5. The SMILES string of the molecule is C.C[C@@H](O)[C@H](NC(=O)c1ccc(C(=O)O)cc1)C(=O)NO. The van der Waals surface area contributed by atoms with Crippen LogP contribution in [0.1, 0.15) is 35.1 Å². The fourth-order valence-electron chi connectivity index (χ4n) is 1.46. The first-order valence-corrected chi connectivity index (χ1v) is 5.63. The molecule has 2 atom stereocenters. The molecule has 116 valence electrons. The lowest BCUT2D eigenvalue weighted by atomic mass is 10.1. The fraction of sp³-hybridized carbons (Fsp3) is 0.308. The van der Waals surface area contributed by atoms with Crippen LogP contribution in [0.15, 0.2) is 24.3 Å². The van der Waals surface area contributed by atoms with Crippen LogP contribution in [0.4, 0.5) is 0 Å². The zero-order valence-corrected chi connectivity index (χ0v) is 10.5. The minimum absolute atomic E-state index is 0. The summed E-state index contributed by atoms with van der Waals surface area (Å²) in [5, 5.41) is 28.8. The molecule has 0 saturated carbocycles. The number of carbonyl (C=O) groups excluding carboxylic acids is 2. The Hall–Kier alpha value is -2.45. The molecule has 8 nitrogen and oxygen atoms in total. The van der Waals surface area contributed by atoms with Gasteiger partial charge in [-0.3, -0.25) is 14.8 Å². The third kappa shape index (κ3) is 4.86. The molecule has 0 saturated heterocycles. The van der Waals surface area contributed by atoms with Gasteiger partial charge in [0.1, 0.15) is 6.04 Å². The van der Waals surface area contributed by atoms with Crippen molar-refractivity contribution in [2.24, 2.45) is 0 Å². The molecule has 8 heteroatoms. The molecule has 1 aromatic carbocycles. The molecule has 0 heterocycles. The molecule has 0 radical (unpaired) electrons. The van der Waals surface area contributed by atoms with Crippen LogP contribution in [-0.2, 0) is 4.79 Å². The number of aromatic carboxylic acids is 1. The highest BCUT2D eigenvalue weighted by Crippen LogP contribution is 2.05. The summed E-state index contributed by atoms with van der Waals surface area (Å²) >= 11 is 0. The van der Waals surface area contributed by atoms with Gasteiger partial charge in [0, 0.05) is 5.56 Å². The molecule has 21 heavy (non-hydrogen) atoms. The topological polar surface area (TPSA) is 136 Å². The Kier molecular flexibility index (Phi) is 7.05. The van der Waals surface area contributed by atoms with Crippen LogP contribution in [0.5, 0.6) is 0 Å². The predicted octanol–water partition coefficient (Wildman–Crippen LogP) is 0.00550. The number of carboxylic acid groups (broad SMARTS) is 1. The Balaban J connectivity index is 0.00000400. The van der Waals surface area contributed by atoms with Crippen molar-refractivity contribution < 1.29 is 29.8 Å². The van der Waals surface area contributed by atoms with Crippen molar-refractivity contribution in [1.29, 1.82) is 0 Å². The molecular weight excluding hydrogens is 280 g/mol. The summed E-state index contributed by atoms with van der Waals surface area (Å²) < 4.78 is 0. The number of hydroxylamine groups is 1. The van der Waals surface area contributed by atoms with Gasteiger partial charge in [-0.05, 0) is 31.2 Å². The molecule has 1 aromatic rings. The molecule has 1 rings (SSSR count). The number of nitrogens with one attached hydrogen (secondary N) is 2. The van der Waals surface area contributed by atoms with Crippen LogP contribution in [0.25, 0.3) is 0 Å². The lowest BCUT2D eigenvalue weighted by Crippen LogP contribution is -2.51. The highest BCUT2D eigenvalue weighted by molar-refractivity contribution is 5.98. The van der Waals surface area contributed by atoms with Crippen molar-refractivity contribution in [3.05, 3.63) is 35.4 Å². The highest BCUT2D eigenvalue weighted by atomic mass is 16.5. The summed E-state index contributed by atoms with van der Waals surface area (Å²) in [6, 6.07) is 3.69. The normalized spacial score (nSPS) is 12.5. The Bertz CT molecular complexity index is 512. The second-order valence-electron chi connectivity index (χ2n) is 4.05. The van der Waals surface area contributed by atoms with Gasteiger partial charge in [0.25, 0.3) is 11.8 Å². The molecule has 5 N–H and O–H groups in total. The van der Waals surface area contributed by atoms with Gasteiger partial charge in [0.05, 0.1) is 11.7 Å². The number of benzene rings is 1. The quantitative estimate of drug-likeness (QED) is 0.383. The van der Waals surface area contributed by atoms with Gasteiger partial charge in [-0.15, -0.1) is 0 Å². The Morgan fingerprint density at radius 2 is 1.57 bits per heavy atom. The van der Waals surface area contributed by atoms with Crippen molar-refractivity contribution >= 4 is 17.8 Å². The van der Waals surface area contributed by atoms with Gasteiger partial charge < -0.3 is 15.5 Å². The van der Waals surface area contributed by atoms with Gasteiger partial charge in [0.15, 0.2) is 0 Å². The van der Waals surface area contributed by atoms with E-state index in [0.717, 1.165) is 0 Å². The average Bonchev–Trinajstić information content (AvgIpc) is 2.43. The summed E-state index contributed by atoms with van der Waals surface area (Å²) in [4.78, 5) is 33.7. The van der Waals surface area contributed by atoms with E-state index >= 15 is 0 Å². The minimum atomic E-state index is -1.33. The van der Waals surface area contributed by atoms with Crippen LogP contribution in [0.2, 0.25) is 0 Å². The van der Waals surface area contributed by atoms with E-state index < -0.39 is 29.9 Å². The van der Waals surface area contributed by atoms with Crippen molar-refractivity contribution in [2.45, 2.75) is 26.5 Å². The predicted molar refractivity (Wildman–Crippen MR) is 73.0 cm³/mol. The number of rotatable bonds is 5. The number of aliphatic hydroxyl groups excluding tert-OH is 1. The van der Waals surface area contributed by atoms with Crippen molar-refractivity contribution in [1.82, 2.24) is 10.8 Å².